The minimum absolute atomic E-state index is 0.304. The lowest BCUT2D eigenvalue weighted by Crippen LogP contribution is -2.45. The normalized spacial score (nSPS) is 33.6. The molecular formula is C14H23NO2. The molecule has 2 atom stereocenters. The molecule has 1 saturated heterocycles. The molecule has 0 amide bonds. The van der Waals surface area contributed by atoms with Gasteiger partial charge in [-0.3, -0.25) is 0 Å². The molecule has 1 saturated carbocycles. The van der Waals surface area contributed by atoms with Gasteiger partial charge < -0.3 is 9.84 Å². The molecule has 1 aliphatic carbocycles. The van der Waals surface area contributed by atoms with E-state index in [1.807, 2.05) is 0 Å². The van der Waals surface area contributed by atoms with Crippen LogP contribution in [0.3, 0.4) is 0 Å². The SMILES string of the molecule is N#CC1(C(O)C2CCCCCC2)CCCOC1. The molecule has 2 rings (SSSR count). The molecule has 3 nitrogen and oxygen atoms in total. The van der Waals surface area contributed by atoms with Crippen molar-refractivity contribution in [2.24, 2.45) is 11.3 Å². The van der Waals surface area contributed by atoms with Crippen molar-refractivity contribution in [1.82, 2.24) is 0 Å². The number of hydrogen-bond acceptors (Lipinski definition) is 3. The maximum atomic E-state index is 10.6. The summed E-state index contributed by atoms with van der Waals surface area (Å²) in [4.78, 5) is 0. The highest BCUT2D eigenvalue weighted by molar-refractivity contribution is 5.06. The Morgan fingerprint density at radius 2 is 1.88 bits per heavy atom. The highest BCUT2D eigenvalue weighted by atomic mass is 16.5. The molecular weight excluding hydrogens is 214 g/mol. The number of ether oxygens (including phenoxy) is 1. The van der Waals surface area contributed by atoms with Crippen LogP contribution >= 0.6 is 0 Å². The second kappa shape index (κ2) is 5.84. The van der Waals surface area contributed by atoms with Crippen LogP contribution in [0.1, 0.15) is 51.4 Å². The largest absolute Gasteiger partial charge is 0.391 e. The average Bonchev–Trinajstić information content (AvgIpc) is 2.67. The van der Waals surface area contributed by atoms with Crippen LogP contribution in [0, 0.1) is 22.7 Å². The van der Waals surface area contributed by atoms with Crippen molar-refractivity contribution in [1.29, 1.82) is 5.26 Å². The zero-order chi connectivity index (χ0) is 12.1. The number of nitrogens with zero attached hydrogens (tertiary/aromatic N) is 1. The van der Waals surface area contributed by atoms with E-state index in [4.69, 9.17) is 4.74 Å². The fraction of sp³-hybridized carbons (Fsp3) is 0.929. The van der Waals surface area contributed by atoms with Crippen molar-refractivity contribution in [2.75, 3.05) is 13.2 Å². The van der Waals surface area contributed by atoms with Gasteiger partial charge in [-0.2, -0.15) is 5.26 Å². The highest BCUT2D eigenvalue weighted by Gasteiger charge is 2.43. The molecule has 96 valence electrons. The van der Waals surface area contributed by atoms with Crippen LogP contribution in [0.15, 0.2) is 0 Å². The van der Waals surface area contributed by atoms with E-state index in [1.54, 1.807) is 0 Å². The molecule has 2 fully saturated rings. The summed E-state index contributed by atoms with van der Waals surface area (Å²) in [6.07, 6.45) is 8.30. The van der Waals surface area contributed by atoms with E-state index in [0.717, 1.165) is 32.3 Å². The van der Waals surface area contributed by atoms with Gasteiger partial charge in [0.05, 0.1) is 18.8 Å². The van der Waals surface area contributed by atoms with Gasteiger partial charge in [-0.15, -0.1) is 0 Å². The maximum absolute atomic E-state index is 10.6. The smallest absolute Gasteiger partial charge is 0.107 e. The van der Waals surface area contributed by atoms with Gasteiger partial charge in [0.2, 0.25) is 0 Å². The Morgan fingerprint density at radius 1 is 1.18 bits per heavy atom. The third-order valence-corrected chi connectivity index (χ3v) is 4.41. The predicted molar refractivity (Wildman–Crippen MR) is 65.3 cm³/mol. The molecule has 3 heteroatoms. The van der Waals surface area contributed by atoms with E-state index >= 15 is 0 Å². The third-order valence-electron chi connectivity index (χ3n) is 4.41. The number of rotatable bonds is 2. The van der Waals surface area contributed by atoms with Crippen LogP contribution in [0.25, 0.3) is 0 Å². The summed E-state index contributed by atoms with van der Waals surface area (Å²) in [5.74, 6) is 0.304. The number of aliphatic hydroxyl groups excluding tert-OH is 1. The number of aliphatic hydroxyl groups is 1. The van der Waals surface area contributed by atoms with Crippen LogP contribution in [-0.2, 0) is 4.74 Å². The Kier molecular flexibility index (Phi) is 4.42. The lowest BCUT2D eigenvalue weighted by molar-refractivity contribution is -0.0741. The van der Waals surface area contributed by atoms with Crippen LogP contribution in [0.2, 0.25) is 0 Å². The Labute approximate surface area is 104 Å². The molecule has 0 spiro atoms. The maximum Gasteiger partial charge on any atom is 0.107 e. The Balaban J connectivity index is 2.04. The molecule has 2 aliphatic rings. The summed E-state index contributed by atoms with van der Waals surface area (Å²) in [6, 6.07) is 2.36. The number of hydrogen-bond donors (Lipinski definition) is 1. The summed E-state index contributed by atoms with van der Waals surface area (Å²) >= 11 is 0. The second-order valence-electron chi connectivity index (χ2n) is 5.62. The lowest BCUT2D eigenvalue weighted by Gasteiger charge is -2.38. The van der Waals surface area contributed by atoms with Crippen LogP contribution in [0.4, 0.5) is 0 Å². The zero-order valence-corrected chi connectivity index (χ0v) is 10.5. The molecule has 0 aromatic heterocycles. The first-order valence-electron chi connectivity index (χ1n) is 6.95. The lowest BCUT2D eigenvalue weighted by atomic mass is 9.72. The van der Waals surface area contributed by atoms with E-state index in [2.05, 4.69) is 6.07 Å². The summed E-state index contributed by atoms with van der Waals surface area (Å²) in [6.45, 7) is 1.15. The van der Waals surface area contributed by atoms with E-state index in [-0.39, 0.29) is 0 Å². The topological polar surface area (TPSA) is 53.2 Å². The van der Waals surface area contributed by atoms with Crippen molar-refractivity contribution in [3.63, 3.8) is 0 Å². The van der Waals surface area contributed by atoms with Gasteiger partial charge in [-0.25, -0.2) is 0 Å². The molecule has 0 aromatic rings. The summed E-state index contributed by atoms with van der Waals surface area (Å²) in [7, 11) is 0. The van der Waals surface area contributed by atoms with E-state index < -0.39 is 11.5 Å². The average molecular weight is 237 g/mol. The van der Waals surface area contributed by atoms with Gasteiger partial charge in [0.15, 0.2) is 0 Å². The number of nitriles is 1. The van der Waals surface area contributed by atoms with Crippen molar-refractivity contribution >= 4 is 0 Å². The summed E-state index contributed by atoms with van der Waals surface area (Å²) < 4.78 is 5.44. The minimum atomic E-state index is -0.632. The van der Waals surface area contributed by atoms with E-state index in [1.165, 1.54) is 25.7 Å². The van der Waals surface area contributed by atoms with Gasteiger partial charge in [0, 0.05) is 6.61 Å². The quantitative estimate of drug-likeness (QED) is 0.751. The van der Waals surface area contributed by atoms with Crippen molar-refractivity contribution in [3.05, 3.63) is 0 Å². The monoisotopic (exact) mass is 237 g/mol. The molecule has 0 aromatic carbocycles. The van der Waals surface area contributed by atoms with Crippen LogP contribution in [0.5, 0.6) is 0 Å². The molecule has 1 aliphatic heterocycles. The minimum Gasteiger partial charge on any atom is -0.391 e. The van der Waals surface area contributed by atoms with Gasteiger partial charge in [-0.1, -0.05) is 25.7 Å². The summed E-state index contributed by atoms with van der Waals surface area (Å²) in [5.41, 5.74) is -0.632. The second-order valence-corrected chi connectivity index (χ2v) is 5.62. The molecule has 1 heterocycles. The van der Waals surface area contributed by atoms with Gasteiger partial charge in [0.1, 0.15) is 5.41 Å². The van der Waals surface area contributed by atoms with Gasteiger partial charge in [0.25, 0.3) is 0 Å². The predicted octanol–water partition coefficient (Wildman–Crippen LogP) is 2.64. The molecule has 2 unspecified atom stereocenters. The van der Waals surface area contributed by atoms with Crippen LogP contribution in [-0.4, -0.2) is 24.4 Å². The molecule has 1 N–H and O–H groups in total. The van der Waals surface area contributed by atoms with Gasteiger partial charge in [-0.05, 0) is 31.6 Å². The van der Waals surface area contributed by atoms with E-state index in [9.17, 15) is 10.4 Å². The Morgan fingerprint density at radius 3 is 2.41 bits per heavy atom. The first kappa shape index (κ1) is 12.9. The fourth-order valence-electron chi connectivity index (χ4n) is 3.28. The Hall–Kier alpha value is -0.590. The van der Waals surface area contributed by atoms with E-state index in [0.29, 0.717) is 12.5 Å². The summed E-state index contributed by atoms with van der Waals surface area (Å²) in [5, 5.41) is 20.0. The van der Waals surface area contributed by atoms with Crippen molar-refractivity contribution < 1.29 is 9.84 Å². The molecule has 17 heavy (non-hydrogen) atoms. The molecule has 0 radical (unpaired) electrons. The highest BCUT2D eigenvalue weighted by Crippen LogP contribution is 2.39. The van der Waals surface area contributed by atoms with Crippen molar-refractivity contribution in [3.8, 4) is 6.07 Å². The standard InChI is InChI=1S/C14H23NO2/c15-10-14(8-5-9-17-11-14)13(16)12-6-3-1-2-4-7-12/h12-13,16H,1-9,11H2. The Bertz CT molecular complexity index is 270. The van der Waals surface area contributed by atoms with Gasteiger partial charge >= 0.3 is 0 Å². The fourth-order valence-corrected chi connectivity index (χ4v) is 3.28. The first-order chi connectivity index (χ1) is 8.28. The van der Waals surface area contributed by atoms with Crippen molar-refractivity contribution in [2.45, 2.75) is 57.5 Å². The zero-order valence-electron chi connectivity index (χ0n) is 10.5. The molecule has 0 bridgehead atoms. The third kappa shape index (κ3) is 2.81. The van der Waals surface area contributed by atoms with Crippen LogP contribution < -0.4 is 0 Å². The first-order valence-corrected chi connectivity index (χ1v) is 6.95.